The van der Waals surface area contributed by atoms with Crippen LogP contribution in [-0.2, 0) is 10.8 Å². The van der Waals surface area contributed by atoms with Gasteiger partial charge in [-0.3, -0.25) is 0 Å². The van der Waals surface area contributed by atoms with E-state index in [1.54, 1.807) is 0 Å². The Balaban J connectivity index is 0.638. The molecule has 408 valence electrons. The molecule has 0 fully saturated rings. The fourth-order valence-corrected chi connectivity index (χ4v) is 14.0. The maximum atomic E-state index is 2.43. The molecule has 0 unspecified atom stereocenters. The molecule has 2 aliphatic rings. The molecule has 0 atom stereocenters. The van der Waals surface area contributed by atoms with E-state index in [0.29, 0.717) is 0 Å². The van der Waals surface area contributed by atoms with Gasteiger partial charge in [0.25, 0.3) is 0 Å². The summed E-state index contributed by atoms with van der Waals surface area (Å²) in [6, 6.07) is 104. The number of anilines is 6. The summed E-state index contributed by atoms with van der Waals surface area (Å²) in [7, 11) is 0. The first kappa shape index (κ1) is 51.1. The van der Waals surface area contributed by atoms with Crippen molar-refractivity contribution in [2.45, 2.75) is 38.5 Å². The van der Waals surface area contributed by atoms with Crippen LogP contribution in [0.15, 0.2) is 279 Å². The molecular weight excluding hydrogens is 1040 g/mol. The topological polar surface area (TPSA) is 6.48 Å². The van der Waals surface area contributed by atoms with E-state index in [1.165, 1.54) is 121 Å². The molecule has 0 N–H and O–H groups in total. The third-order valence-corrected chi connectivity index (χ3v) is 18.7. The Kier molecular flexibility index (Phi) is 11.9. The molecule has 0 aromatic heterocycles. The number of nitrogens with zero attached hydrogens (tertiary/aromatic N) is 2. The van der Waals surface area contributed by atoms with Gasteiger partial charge >= 0.3 is 0 Å². The summed E-state index contributed by atoms with van der Waals surface area (Å²) in [6.45, 7) is 9.53. The van der Waals surface area contributed by atoms with Crippen LogP contribution in [0, 0.1) is 0 Å². The predicted molar refractivity (Wildman–Crippen MR) is 369 cm³/mol. The minimum atomic E-state index is -0.200. The van der Waals surface area contributed by atoms with Gasteiger partial charge in [-0.2, -0.15) is 0 Å². The summed E-state index contributed by atoms with van der Waals surface area (Å²) in [6.07, 6.45) is 9.06. The molecule has 86 heavy (non-hydrogen) atoms. The average molecular weight is 1100 g/mol. The van der Waals surface area contributed by atoms with Crippen LogP contribution in [0.1, 0.15) is 72.2 Å². The minimum absolute atomic E-state index is 0.200. The lowest BCUT2D eigenvalue weighted by Crippen LogP contribution is -2.16. The molecule has 16 rings (SSSR count). The Labute approximate surface area is 503 Å². The Hall–Kier alpha value is -10.5. The zero-order valence-electron chi connectivity index (χ0n) is 48.8. The molecule has 0 aliphatic heterocycles. The molecule has 0 radical (unpaired) electrons. The van der Waals surface area contributed by atoms with E-state index in [2.05, 4.69) is 341 Å². The smallest absolute Gasteiger partial charge is 0.0468 e. The molecular formula is C84H62N2. The average Bonchev–Trinajstić information content (AvgIpc) is 1.88. The highest BCUT2D eigenvalue weighted by molar-refractivity contribution is 5.97. The highest BCUT2D eigenvalue weighted by Crippen LogP contribution is 2.53. The van der Waals surface area contributed by atoms with Gasteiger partial charge in [0, 0.05) is 45.0 Å². The first-order valence-electron chi connectivity index (χ1n) is 30.1. The second-order valence-electron chi connectivity index (χ2n) is 24.6. The Bertz CT molecular complexity index is 4670. The van der Waals surface area contributed by atoms with Crippen LogP contribution in [-0.4, -0.2) is 0 Å². The van der Waals surface area contributed by atoms with Gasteiger partial charge in [-0.05, 0) is 206 Å². The summed E-state index contributed by atoms with van der Waals surface area (Å²) < 4.78 is 0. The zero-order valence-corrected chi connectivity index (χ0v) is 48.8. The molecule has 0 saturated carbocycles. The fraction of sp³-hybridized carbons (Fsp3) is 0.0714. The largest absolute Gasteiger partial charge is 0.310 e. The Morgan fingerprint density at radius 1 is 0.209 bits per heavy atom. The van der Waals surface area contributed by atoms with Crippen molar-refractivity contribution < 1.29 is 0 Å². The molecule has 14 aromatic carbocycles. The molecule has 0 saturated heterocycles. The lowest BCUT2D eigenvalue weighted by molar-refractivity contribution is 0.660. The Morgan fingerprint density at radius 2 is 0.430 bits per heavy atom. The summed E-state index contributed by atoms with van der Waals surface area (Å²) >= 11 is 0. The Morgan fingerprint density at radius 3 is 0.756 bits per heavy atom. The molecule has 0 heterocycles. The SMILES string of the molecule is CC1(C)c2cc(C=Cc3ccc4cc(C=Cc5ccc6c(c5)C(C)(C)c5cc(N(c7ccc8ccccc8c7)c7ccc8ccccc8c7)ccc5-6)ccc4c3)ccc2-c2ccc(N(c3ccc4ccccc4c3)c3ccc4ccccc4c3)cc21. The van der Waals surface area contributed by atoms with Crippen molar-refractivity contribution in [3.63, 3.8) is 0 Å². The van der Waals surface area contributed by atoms with Gasteiger partial charge < -0.3 is 9.80 Å². The van der Waals surface area contributed by atoms with Crippen molar-refractivity contribution in [1.29, 1.82) is 0 Å². The van der Waals surface area contributed by atoms with Crippen LogP contribution < -0.4 is 9.80 Å². The molecule has 0 spiro atoms. The van der Waals surface area contributed by atoms with Gasteiger partial charge in [0.05, 0.1) is 0 Å². The second-order valence-corrected chi connectivity index (χ2v) is 24.6. The molecule has 2 nitrogen and oxygen atoms in total. The van der Waals surface area contributed by atoms with Crippen LogP contribution in [0.3, 0.4) is 0 Å². The van der Waals surface area contributed by atoms with Crippen molar-refractivity contribution in [1.82, 2.24) is 0 Å². The van der Waals surface area contributed by atoms with Gasteiger partial charge in [0.15, 0.2) is 0 Å². The highest BCUT2D eigenvalue weighted by atomic mass is 15.1. The first-order valence-corrected chi connectivity index (χ1v) is 30.1. The predicted octanol–water partition coefficient (Wildman–Crippen LogP) is 23.3. The van der Waals surface area contributed by atoms with E-state index in [0.717, 1.165) is 34.1 Å². The lowest BCUT2D eigenvalue weighted by atomic mass is 9.81. The van der Waals surface area contributed by atoms with Crippen LogP contribution in [0.5, 0.6) is 0 Å². The summed E-state index contributed by atoms with van der Waals surface area (Å²) in [5.41, 5.74) is 21.9. The van der Waals surface area contributed by atoms with Gasteiger partial charge in [0.2, 0.25) is 0 Å². The van der Waals surface area contributed by atoms with Crippen molar-refractivity contribution in [3.8, 4) is 22.3 Å². The fourth-order valence-electron chi connectivity index (χ4n) is 14.0. The van der Waals surface area contributed by atoms with Gasteiger partial charge in [-0.1, -0.05) is 246 Å². The highest BCUT2D eigenvalue weighted by Gasteiger charge is 2.38. The van der Waals surface area contributed by atoms with Crippen LogP contribution >= 0.6 is 0 Å². The quantitative estimate of drug-likeness (QED) is 0.126. The maximum Gasteiger partial charge on any atom is 0.0468 e. The number of benzene rings is 14. The standard InChI is InChI=1S/C84H62N2/c1-83(2)79-47-57(27-41-75(79)77-43-39-73(53-81(77)83)85(69-35-31-59-13-5-9-17-63(59)49-69)70-36-32-60-14-6-10-18-64(60)50-70)23-21-55-25-29-68-46-56(26-30-67(68)45-55)22-24-58-28-42-76-78-44-40-74(54-82(78)84(3,4)80(76)48-58)86(71-37-33-61-15-7-11-19-65(61)51-71)72-38-34-62-16-8-12-20-66(62)52-72/h5-54H,1-4H3. The number of fused-ring (bicyclic) bond motifs is 11. The van der Waals surface area contributed by atoms with Crippen molar-refractivity contribution in [2.24, 2.45) is 0 Å². The lowest BCUT2D eigenvalue weighted by Gasteiger charge is -2.28. The number of hydrogen-bond donors (Lipinski definition) is 0. The summed E-state index contributed by atoms with van der Waals surface area (Å²) in [4.78, 5) is 4.84. The van der Waals surface area contributed by atoms with E-state index in [4.69, 9.17) is 0 Å². The van der Waals surface area contributed by atoms with Crippen molar-refractivity contribution in [2.75, 3.05) is 9.80 Å². The molecule has 0 bridgehead atoms. The van der Waals surface area contributed by atoms with Crippen molar-refractivity contribution in [3.05, 3.63) is 324 Å². The van der Waals surface area contributed by atoms with Gasteiger partial charge in [0.1, 0.15) is 0 Å². The monoisotopic (exact) mass is 1100 g/mol. The normalized spacial score (nSPS) is 13.7. The first-order chi connectivity index (χ1) is 42.1. The van der Waals surface area contributed by atoms with Gasteiger partial charge in [-0.25, -0.2) is 0 Å². The number of rotatable bonds is 10. The summed E-state index contributed by atoms with van der Waals surface area (Å²) in [5, 5.41) is 12.3. The summed E-state index contributed by atoms with van der Waals surface area (Å²) in [5.74, 6) is 0. The van der Waals surface area contributed by atoms with E-state index in [1.807, 2.05) is 0 Å². The van der Waals surface area contributed by atoms with E-state index in [9.17, 15) is 0 Å². The number of hydrogen-bond acceptors (Lipinski definition) is 2. The molecule has 14 aromatic rings. The van der Waals surface area contributed by atoms with Gasteiger partial charge in [-0.15, -0.1) is 0 Å². The maximum absolute atomic E-state index is 2.43. The minimum Gasteiger partial charge on any atom is -0.310 e. The van der Waals surface area contributed by atoms with Crippen LogP contribution in [0.25, 0.3) is 100 Å². The molecule has 2 heteroatoms. The third kappa shape index (κ3) is 8.79. The molecule has 2 aliphatic carbocycles. The van der Waals surface area contributed by atoms with E-state index < -0.39 is 0 Å². The molecule has 0 amide bonds. The van der Waals surface area contributed by atoms with Crippen LogP contribution in [0.2, 0.25) is 0 Å². The zero-order chi connectivity index (χ0) is 57.7. The van der Waals surface area contributed by atoms with Crippen LogP contribution in [0.4, 0.5) is 34.1 Å². The second kappa shape index (κ2) is 20.1. The van der Waals surface area contributed by atoms with E-state index >= 15 is 0 Å². The third-order valence-electron chi connectivity index (χ3n) is 18.7. The van der Waals surface area contributed by atoms with Crippen molar-refractivity contribution >= 4 is 112 Å². The van der Waals surface area contributed by atoms with E-state index in [-0.39, 0.29) is 10.8 Å².